The van der Waals surface area contributed by atoms with E-state index < -0.39 is 0 Å². The van der Waals surface area contributed by atoms with Crippen LogP contribution in [0, 0.1) is 6.92 Å². The molecule has 0 fully saturated rings. The molecule has 0 aliphatic heterocycles. The van der Waals surface area contributed by atoms with E-state index in [4.69, 9.17) is 11.6 Å². The molecule has 0 saturated heterocycles. The van der Waals surface area contributed by atoms with Crippen molar-refractivity contribution in [3.63, 3.8) is 0 Å². The van der Waals surface area contributed by atoms with Crippen LogP contribution in [0.4, 0.5) is 0 Å². The summed E-state index contributed by atoms with van der Waals surface area (Å²) in [5.74, 6) is -0.282. The second kappa shape index (κ2) is 6.80. The maximum absolute atomic E-state index is 12.5. The number of aromatic nitrogens is 4. The van der Waals surface area contributed by atoms with Gasteiger partial charge in [0.05, 0.1) is 22.4 Å². The molecule has 3 rings (SSSR count). The van der Waals surface area contributed by atoms with Gasteiger partial charge in [0.2, 0.25) is 0 Å². The van der Waals surface area contributed by atoms with Crippen molar-refractivity contribution in [2.45, 2.75) is 19.9 Å². The SMILES string of the molecule is Cc1c(C(=O)NC(C)c2ccncc2)nnn1-c1ccccc1Cl. The number of halogens is 1. The summed E-state index contributed by atoms with van der Waals surface area (Å²) in [6, 6.07) is 10.8. The fourth-order valence-corrected chi connectivity index (χ4v) is 2.61. The molecule has 1 unspecified atom stereocenters. The summed E-state index contributed by atoms with van der Waals surface area (Å²) in [6.07, 6.45) is 3.38. The molecule has 0 aliphatic carbocycles. The van der Waals surface area contributed by atoms with Crippen molar-refractivity contribution in [3.05, 3.63) is 70.8 Å². The molecule has 7 heteroatoms. The molecule has 1 aromatic carbocycles. The molecule has 2 aromatic heterocycles. The Kier molecular flexibility index (Phi) is 4.57. The number of hydrogen-bond acceptors (Lipinski definition) is 4. The standard InChI is InChI=1S/C17H16ClN5O/c1-11(13-7-9-19-10-8-13)20-17(24)16-12(2)23(22-21-16)15-6-4-3-5-14(15)18/h3-11H,1-2H3,(H,20,24). The Bertz CT molecular complexity index is 862. The van der Waals surface area contributed by atoms with Crippen LogP contribution in [-0.2, 0) is 0 Å². The summed E-state index contributed by atoms with van der Waals surface area (Å²) in [6.45, 7) is 3.69. The molecule has 6 nitrogen and oxygen atoms in total. The van der Waals surface area contributed by atoms with Gasteiger partial charge in [-0.3, -0.25) is 9.78 Å². The average molecular weight is 342 g/mol. The molecule has 0 aliphatic rings. The molecule has 0 bridgehead atoms. The van der Waals surface area contributed by atoms with Crippen molar-refractivity contribution in [2.24, 2.45) is 0 Å². The molecule has 0 radical (unpaired) electrons. The Morgan fingerprint density at radius 3 is 2.62 bits per heavy atom. The predicted octanol–water partition coefficient (Wildman–Crippen LogP) is 3.12. The van der Waals surface area contributed by atoms with Gasteiger partial charge in [-0.2, -0.15) is 0 Å². The normalized spacial score (nSPS) is 12.0. The quantitative estimate of drug-likeness (QED) is 0.791. The summed E-state index contributed by atoms with van der Waals surface area (Å²) < 4.78 is 1.56. The van der Waals surface area contributed by atoms with Gasteiger partial charge in [0.25, 0.3) is 5.91 Å². The smallest absolute Gasteiger partial charge is 0.274 e. The third-order valence-electron chi connectivity index (χ3n) is 3.74. The van der Waals surface area contributed by atoms with Crippen molar-refractivity contribution < 1.29 is 4.79 Å². The lowest BCUT2D eigenvalue weighted by molar-refractivity contribution is 0.0934. The Labute approximate surface area is 144 Å². The van der Waals surface area contributed by atoms with Crippen molar-refractivity contribution in [1.29, 1.82) is 0 Å². The van der Waals surface area contributed by atoms with Gasteiger partial charge in [-0.15, -0.1) is 5.10 Å². The van der Waals surface area contributed by atoms with Gasteiger partial charge < -0.3 is 5.32 Å². The van der Waals surface area contributed by atoms with E-state index in [1.165, 1.54) is 0 Å². The van der Waals surface area contributed by atoms with Crippen LogP contribution >= 0.6 is 11.6 Å². The van der Waals surface area contributed by atoms with E-state index in [9.17, 15) is 4.79 Å². The lowest BCUT2D eigenvalue weighted by Crippen LogP contribution is -2.27. The zero-order valence-corrected chi connectivity index (χ0v) is 14.0. The first-order chi connectivity index (χ1) is 11.6. The summed E-state index contributed by atoms with van der Waals surface area (Å²) in [5.41, 5.74) is 2.55. The van der Waals surface area contributed by atoms with Crippen LogP contribution in [0.25, 0.3) is 5.69 Å². The Hall–Kier alpha value is -2.73. The second-order valence-corrected chi connectivity index (χ2v) is 5.77. The lowest BCUT2D eigenvalue weighted by Gasteiger charge is -2.13. The number of nitrogens with one attached hydrogen (secondary N) is 1. The number of benzene rings is 1. The van der Waals surface area contributed by atoms with Crippen LogP contribution in [0.1, 0.15) is 34.7 Å². The minimum Gasteiger partial charge on any atom is -0.344 e. The average Bonchev–Trinajstić information content (AvgIpc) is 2.97. The number of amides is 1. The minimum atomic E-state index is -0.282. The number of nitrogens with zero attached hydrogens (tertiary/aromatic N) is 4. The third-order valence-corrected chi connectivity index (χ3v) is 4.06. The van der Waals surface area contributed by atoms with Gasteiger partial charge in [0.1, 0.15) is 0 Å². The number of carbonyl (C=O) groups is 1. The van der Waals surface area contributed by atoms with Crippen LogP contribution < -0.4 is 5.32 Å². The van der Waals surface area contributed by atoms with Crippen LogP contribution in [0.2, 0.25) is 5.02 Å². The first-order valence-corrected chi connectivity index (χ1v) is 7.83. The van der Waals surface area contributed by atoms with Crippen LogP contribution in [0.5, 0.6) is 0 Å². The molecule has 1 atom stereocenters. The van der Waals surface area contributed by atoms with Gasteiger partial charge in [-0.25, -0.2) is 4.68 Å². The van der Waals surface area contributed by atoms with E-state index in [0.29, 0.717) is 16.4 Å². The topological polar surface area (TPSA) is 72.7 Å². The van der Waals surface area contributed by atoms with Gasteiger partial charge in [0, 0.05) is 12.4 Å². The maximum Gasteiger partial charge on any atom is 0.274 e. The predicted molar refractivity (Wildman–Crippen MR) is 91.2 cm³/mol. The van der Waals surface area contributed by atoms with Crippen molar-refractivity contribution in [1.82, 2.24) is 25.3 Å². The number of para-hydroxylation sites is 1. The van der Waals surface area contributed by atoms with E-state index in [2.05, 4.69) is 20.6 Å². The minimum absolute atomic E-state index is 0.162. The molecule has 122 valence electrons. The first-order valence-electron chi connectivity index (χ1n) is 7.46. The fourth-order valence-electron chi connectivity index (χ4n) is 2.39. The fraction of sp³-hybridized carbons (Fsp3) is 0.176. The van der Waals surface area contributed by atoms with Crippen molar-refractivity contribution in [2.75, 3.05) is 0 Å². The highest BCUT2D eigenvalue weighted by Crippen LogP contribution is 2.21. The highest BCUT2D eigenvalue weighted by molar-refractivity contribution is 6.32. The number of hydrogen-bond donors (Lipinski definition) is 1. The van der Waals surface area contributed by atoms with Gasteiger partial charge in [-0.05, 0) is 43.7 Å². The number of carbonyl (C=O) groups excluding carboxylic acids is 1. The number of pyridine rings is 1. The van der Waals surface area contributed by atoms with Crippen LogP contribution in [0.3, 0.4) is 0 Å². The van der Waals surface area contributed by atoms with E-state index in [1.807, 2.05) is 37.3 Å². The Balaban J connectivity index is 1.83. The molecular weight excluding hydrogens is 326 g/mol. The second-order valence-electron chi connectivity index (χ2n) is 5.36. The zero-order valence-electron chi connectivity index (χ0n) is 13.3. The van der Waals surface area contributed by atoms with Crippen molar-refractivity contribution in [3.8, 4) is 5.69 Å². The lowest BCUT2D eigenvalue weighted by atomic mass is 10.1. The molecule has 0 spiro atoms. The van der Waals surface area contributed by atoms with Gasteiger partial charge in [0.15, 0.2) is 5.69 Å². The van der Waals surface area contributed by atoms with Crippen LogP contribution in [0.15, 0.2) is 48.8 Å². The maximum atomic E-state index is 12.5. The van der Waals surface area contributed by atoms with Crippen molar-refractivity contribution >= 4 is 17.5 Å². The van der Waals surface area contributed by atoms with E-state index in [-0.39, 0.29) is 17.6 Å². The summed E-state index contributed by atoms with van der Waals surface area (Å²) >= 11 is 6.19. The van der Waals surface area contributed by atoms with E-state index in [1.54, 1.807) is 30.1 Å². The van der Waals surface area contributed by atoms with E-state index >= 15 is 0 Å². The molecule has 24 heavy (non-hydrogen) atoms. The summed E-state index contributed by atoms with van der Waals surface area (Å²) in [5, 5.41) is 11.5. The Morgan fingerprint density at radius 2 is 1.92 bits per heavy atom. The zero-order chi connectivity index (χ0) is 17.1. The Morgan fingerprint density at radius 1 is 1.21 bits per heavy atom. The molecule has 1 amide bonds. The third kappa shape index (κ3) is 3.14. The number of rotatable bonds is 4. The highest BCUT2D eigenvalue weighted by atomic mass is 35.5. The van der Waals surface area contributed by atoms with Crippen LogP contribution in [-0.4, -0.2) is 25.9 Å². The summed E-state index contributed by atoms with van der Waals surface area (Å²) in [4.78, 5) is 16.5. The summed E-state index contributed by atoms with van der Waals surface area (Å²) in [7, 11) is 0. The highest BCUT2D eigenvalue weighted by Gasteiger charge is 2.20. The molecule has 3 aromatic rings. The molecule has 2 heterocycles. The molecular formula is C17H16ClN5O. The largest absolute Gasteiger partial charge is 0.344 e. The van der Waals surface area contributed by atoms with Gasteiger partial charge in [-0.1, -0.05) is 28.9 Å². The monoisotopic (exact) mass is 341 g/mol. The first kappa shape index (κ1) is 16.1. The van der Waals surface area contributed by atoms with E-state index in [0.717, 1.165) is 5.56 Å². The molecule has 0 saturated carbocycles. The molecule has 1 N–H and O–H groups in total. The van der Waals surface area contributed by atoms with Gasteiger partial charge >= 0.3 is 0 Å².